The minimum Gasteiger partial charge on any atom is -0.394 e. The third kappa shape index (κ3) is 9.04. The van der Waals surface area contributed by atoms with Crippen molar-refractivity contribution in [1.82, 2.24) is 39.0 Å². The van der Waals surface area contributed by atoms with Gasteiger partial charge in [-0.3, -0.25) is 52.0 Å². The molecule has 0 bridgehead atoms. The lowest BCUT2D eigenvalue weighted by molar-refractivity contribution is -0.118. The number of hydrogen-bond acceptors (Lipinski definition) is 17. The summed E-state index contributed by atoms with van der Waals surface area (Å²) in [5.74, 6) is -1.98. The van der Waals surface area contributed by atoms with Gasteiger partial charge in [0.05, 0.1) is 45.0 Å². The van der Waals surface area contributed by atoms with E-state index in [1.807, 2.05) is 0 Å². The van der Waals surface area contributed by atoms with E-state index in [0.29, 0.717) is 5.56 Å². The summed E-state index contributed by atoms with van der Waals surface area (Å²) in [7, 11) is -10.6. The van der Waals surface area contributed by atoms with E-state index >= 15 is 8.78 Å². The lowest BCUT2D eigenvalue weighted by atomic mass is 10.1. The number of carbonyl (C=O) groups excluding carboxylic acids is 2. The van der Waals surface area contributed by atoms with Crippen LogP contribution < -0.4 is 16.2 Å². The maximum Gasteiger partial charge on any atom is 0.475 e. The number of amides is 2. The lowest BCUT2D eigenvalue weighted by Crippen LogP contribution is -2.34. The molecule has 2 saturated heterocycles. The molecule has 0 saturated carbocycles. The molecule has 62 heavy (non-hydrogen) atoms. The van der Waals surface area contributed by atoms with Crippen LogP contribution in [0.1, 0.15) is 43.1 Å². The molecule has 0 radical (unpaired) electrons. The largest absolute Gasteiger partial charge is 0.475 e. The Morgan fingerprint density at radius 1 is 0.968 bits per heavy atom. The van der Waals surface area contributed by atoms with Gasteiger partial charge in [0, 0.05) is 11.5 Å². The summed E-state index contributed by atoms with van der Waals surface area (Å²) in [6.45, 7) is 0.483. The fraction of sp³-hybridized carbons (Fsp3) is 0.441. The molecule has 5 aromatic rings. The summed E-state index contributed by atoms with van der Waals surface area (Å²) in [6.07, 6.45) is -11.2. The molecule has 2 aliphatic heterocycles. The predicted octanol–water partition coefficient (Wildman–Crippen LogP) is 2.26. The normalized spacial score (nSPS) is 25.0. The Labute approximate surface area is 347 Å². The fourth-order valence-corrected chi connectivity index (χ4v) is 9.06. The number of aromatic nitrogens is 8. The summed E-state index contributed by atoms with van der Waals surface area (Å²) in [5.41, 5.74) is -3.56. The highest BCUT2D eigenvalue weighted by Crippen LogP contribution is 2.57. The maximum absolute atomic E-state index is 16.5. The standard InChI is InChI=1S/C34H37F2N11O13P2/c1-16(2)29(49)44-34-43-28-23(31(51)45-34)41-15-47(28)33-25(61(52,53)54)20(35)19(59-33)12-57-62(55,56-10-6-9-37)60-24-18(11-48)58-32(21(24)36)46-14-40-22-26(38-13-39-27(22)46)42-30(50)17-7-4-3-5-8-17/h3-5,7-8,13-16,18-21,24-25,32-33,48H,6,10-12H2,1-2H3,(H2,52,53,54)(H,38,39,42,50)(H2,43,44,45,49,51)/t18-,19-,20-,21+,24-,25-,32-,33-,62?/m1/s1. The monoisotopic (exact) mass is 907 g/mol. The van der Waals surface area contributed by atoms with E-state index in [9.17, 15) is 38.4 Å². The van der Waals surface area contributed by atoms with Crippen LogP contribution in [0.3, 0.4) is 0 Å². The first-order valence-corrected chi connectivity index (χ1v) is 21.7. The lowest BCUT2D eigenvalue weighted by Gasteiger charge is -2.25. The number of alkyl halides is 2. The number of imidazole rings is 2. The SMILES string of the molecule is CC(C)C(=O)Nc1nc2c(ncn2[C@@H]2O[C@H](COP(=O)(OCCC#N)O[C@H]3[C@H](F)[C@H](n4cnc5c(NC(=O)c6ccccc6)ncnc54)O[C@@H]3CO)[C@@H](F)[C@H]2P(=O)(O)O)c(=O)[nH]1. The number of nitrogens with one attached hydrogen (secondary N) is 3. The number of halogens is 2. The molecular formula is C34H37F2N11O13P2. The number of rotatable bonds is 16. The van der Waals surface area contributed by atoms with Crippen LogP contribution in [0.25, 0.3) is 22.3 Å². The number of nitriles is 1. The van der Waals surface area contributed by atoms with E-state index < -0.39 is 107 Å². The molecule has 4 aromatic heterocycles. The minimum atomic E-state index is -5.43. The third-order valence-electron chi connectivity index (χ3n) is 9.61. The molecular weight excluding hydrogens is 870 g/mol. The summed E-state index contributed by atoms with van der Waals surface area (Å²) in [4.78, 5) is 81.2. The number of aliphatic hydroxyl groups is 1. The number of fused-ring (bicyclic) bond motifs is 2. The zero-order chi connectivity index (χ0) is 44.5. The Hall–Kier alpha value is -5.45. The van der Waals surface area contributed by atoms with Crippen molar-refractivity contribution >= 4 is 61.3 Å². The number of nitrogens with zero attached hydrogens (tertiary/aromatic N) is 8. The van der Waals surface area contributed by atoms with Gasteiger partial charge in [0.1, 0.15) is 36.5 Å². The molecule has 7 rings (SSSR count). The number of phosphoric acid groups is 1. The average molecular weight is 908 g/mol. The smallest absolute Gasteiger partial charge is 0.394 e. The number of aromatic amines is 1. The number of carbonyl (C=O) groups is 2. The zero-order valence-electron chi connectivity index (χ0n) is 32.3. The second-order valence-corrected chi connectivity index (χ2v) is 17.5. The molecule has 1 aromatic carbocycles. The number of benzene rings is 1. The van der Waals surface area contributed by atoms with Gasteiger partial charge in [0.25, 0.3) is 11.5 Å². The van der Waals surface area contributed by atoms with Crippen molar-refractivity contribution in [2.24, 2.45) is 5.92 Å². The average Bonchev–Trinajstić information content (AvgIpc) is 4.01. The highest BCUT2D eigenvalue weighted by molar-refractivity contribution is 7.52. The van der Waals surface area contributed by atoms with Crippen LogP contribution in [-0.4, -0.2) is 122 Å². The second kappa shape index (κ2) is 18.1. The van der Waals surface area contributed by atoms with Crippen molar-refractivity contribution < 1.29 is 65.4 Å². The van der Waals surface area contributed by atoms with Crippen molar-refractivity contribution in [2.75, 3.05) is 30.5 Å². The van der Waals surface area contributed by atoms with E-state index in [2.05, 4.69) is 40.5 Å². The van der Waals surface area contributed by atoms with Gasteiger partial charge in [-0.15, -0.1) is 0 Å². The van der Waals surface area contributed by atoms with Gasteiger partial charge in [-0.25, -0.2) is 33.3 Å². The number of phosphoric ester groups is 1. The zero-order valence-corrected chi connectivity index (χ0v) is 34.1. The maximum atomic E-state index is 16.5. The molecule has 330 valence electrons. The van der Waals surface area contributed by atoms with E-state index in [0.717, 1.165) is 28.1 Å². The summed E-state index contributed by atoms with van der Waals surface area (Å²) >= 11 is 0. The van der Waals surface area contributed by atoms with Crippen molar-refractivity contribution in [3.05, 3.63) is 65.2 Å². The van der Waals surface area contributed by atoms with E-state index in [4.69, 9.17) is 28.3 Å². The number of hydrogen-bond donors (Lipinski definition) is 6. The minimum absolute atomic E-state index is 0.0263. The molecule has 2 aliphatic rings. The first kappa shape index (κ1) is 44.6. The molecule has 6 heterocycles. The van der Waals surface area contributed by atoms with E-state index in [1.54, 1.807) is 50.2 Å². The van der Waals surface area contributed by atoms with Crippen molar-refractivity contribution in [1.29, 1.82) is 5.26 Å². The molecule has 2 amide bonds. The van der Waals surface area contributed by atoms with E-state index in [-0.39, 0.29) is 40.5 Å². The van der Waals surface area contributed by atoms with Gasteiger partial charge < -0.3 is 29.7 Å². The first-order chi connectivity index (χ1) is 29.5. The van der Waals surface area contributed by atoms with Gasteiger partial charge in [-0.2, -0.15) is 10.2 Å². The Balaban J connectivity index is 1.12. The summed E-state index contributed by atoms with van der Waals surface area (Å²) in [6, 6.07) is 9.92. The Morgan fingerprint density at radius 2 is 1.66 bits per heavy atom. The molecule has 9 atom stereocenters. The molecule has 28 heteroatoms. The molecule has 0 aliphatic carbocycles. The summed E-state index contributed by atoms with van der Waals surface area (Å²) < 4.78 is 89.1. The molecule has 6 N–H and O–H groups in total. The van der Waals surface area contributed by atoms with Gasteiger partial charge in [0.2, 0.25) is 11.9 Å². The topological polar surface area (TPSA) is 330 Å². The van der Waals surface area contributed by atoms with Crippen LogP contribution in [0.5, 0.6) is 0 Å². The molecule has 2 fully saturated rings. The molecule has 0 spiro atoms. The number of anilines is 2. The van der Waals surface area contributed by atoms with Crippen LogP contribution in [-0.2, 0) is 37.0 Å². The van der Waals surface area contributed by atoms with E-state index in [1.165, 1.54) is 0 Å². The Bertz CT molecular complexity index is 2660. The van der Waals surface area contributed by atoms with Crippen LogP contribution in [0, 0.1) is 17.2 Å². The molecule has 24 nitrogen and oxygen atoms in total. The van der Waals surface area contributed by atoms with Crippen molar-refractivity contribution in [2.45, 2.75) is 69.0 Å². The Morgan fingerprint density at radius 3 is 2.34 bits per heavy atom. The summed E-state index contributed by atoms with van der Waals surface area (Å²) in [5, 5.41) is 24.3. The van der Waals surface area contributed by atoms with Gasteiger partial charge in [-0.05, 0) is 12.1 Å². The number of H-pyrrole nitrogens is 1. The second-order valence-electron chi connectivity index (χ2n) is 14.1. The first-order valence-electron chi connectivity index (χ1n) is 18.5. The van der Waals surface area contributed by atoms with Crippen LogP contribution in [0.15, 0.2) is 54.1 Å². The molecule has 1 unspecified atom stereocenters. The van der Waals surface area contributed by atoms with Crippen LogP contribution in [0.4, 0.5) is 20.5 Å². The quantitative estimate of drug-likeness (QED) is 0.0611. The van der Waals surface area contributed by atoms with Crippen molar-refractivity contribution in [3.63, 3.8) is 0 Å². The van der Waals surface area contributed by atoms with Gasteiger partial charge in [-0.1, -0.05) is 32.0 Å². The highest BCUT2D eigenvalue weighted by atomic mass is 31.2. The van der Waals surface area contributed by atoms with Crippen LogP contribution in [0.2, 0.25) is 0 Å². The third-order valence-corrected chi connectivity index (χ3v) is 12.4. The number of ether oxygens (including phenoxy) is 2. The van der Waals surface area contributed by atoms with Gasteiger partial charge in [0.15, 0.2) is 46.8 Å². The number of aliphatic hydroxyl groups excluding tert-OH is 1. The van der Waals surface area contributed by atoms with Crippen molar-refractivity contribution in [3.8, 4) is 6.07 Å². The predicted molar refractivity (Wildman–Crippen MR) is 206 cm³/mol. The van der Waals surface area contributed by atoms with Gasteiger partial charge >= 0.3 is 15.4 Å². The van der Waals surface area contributed by atoms with Crippen LogP contribution >= 0.6 is 15.4 Å². The fourth-order valence-electron chi connectivity index (χ4n) is 6.56. The highest BCUT2D eigenvalue weighted by Gasteiger charge is 2.56. The Kier molecular flexibility index (Phi) is 13.0.